The van der Waals surface area contributed by atoms with E-state index in [9.17, 15) is 14.9 Å². The number of carbonyl (C=O) groups is 1. The topological polar surface area (TPSA) is 105 Å². The second-order valence-corrected chi connectivity index (χ2v) is 4.83. The third-order valence-electron chi connectivity index (χ3n) is 2.72. The van der Waals surface area contributed by atoms with Crippen molar-refractivity contribution >= 4 is 28.8 Å². The lowest BCUT2D eigenvalue weighted by Crippen LogP contribution is -2.07. The molecule has 2 N–H and O–H groups in total. The molecule has 0 bridgehead atoms. The average molecular weight is 293 g/mol. The van der Waals surface area contributed by atoms with Crippen LogP contribution in [0.2, 0.25) is 0 Å². The predicted molar refractivity (Wildman–Crippen MR) is 74.2 cm³/mol. The van der Waals surface area contributed by atoms with Crippen LogP contribution in [0.4, 0.5) is 11.5 Å². The number of aromatic carboxylic acids is 1. The van der Waals surface area contributed by atoms with Crippen molar-refractivity contribution in [2.24, 2.45) is 0 Å². The average Bonchev–Trinajstić information content (AvgIpc) is 2.81. The van der Waals surface area contributed by atoms with Crippen molar-refractivity contribution in [2.75, 3.05) is 5.32 Å². The van der Waals surface area contributed by atoms with Crippen LogP contribution in [0.5, 0.6) is 0 Å². The van der Waals surface area contributed by atoms with Gasteiger partial charge in [0.05, 0.1) is 10.5 Å². The van der Waals surface area contributed by atoms with Gasteiger partial charge in [-0.05, 0) is 28.8 Å². The molecule has 0 fully saturated rings. The molecule has 0 aliphatic rings. The minimum Gasteiger partial charge on any atom is -0.478 e. The molecule has 0 amide bonds. The summed E-state index contributed by atoms with van der Waals surface area (Å²) < 4.78 is 0. The summed E-state index contributed by atoms with van der Waals surface area (Å²) in [6.45, 7) is 2.35. The van der Waals surface area contributed by atoms with E-state index < -0.39 is 10.9 Å². The molecule has 0 aliphatic carbocycles. The maximum Gasteiger partial charge on any atom is 0.337 e. The Morgan fingerprint density at radius 3 is 2.85 bits per heavy atom. The van der Waals surface area contributed by atoms with Gasteiger partial charge in [-0.2, -0.15) is 11.3 Å². The second kappa shape index (κ2) is 5.66. The number of hydrogen-bond donors (Lipinski definition) is 2. The molecule has 20 heavy (non-hydrogen) atoms. The monoisotopic (exact) mass is 293 g/mol. The standard InChI is InChI=1S/C12H11N3O4S/c1-7-5-20-6-9(7)4-14-11-10(15(18)19)2-8(3-13-11)12(16)17/h2-3,5-6H,4H2,1H3,(H,13,14)(H,16,17). The van der Waals surface area contributed by atoms with Crippen LogP contribution in [0.3, 0.4) is 0 Å². The zero-order valence-electron chi connectivity index (χ0n) is 10.5. The van der Waals surface area contributed by atoms with E-state index in [0.29, 0.717) is 6.54 Å². The first kappa shape index (κ1) is 13.9. The molecular weight excluding hydrogens is 282 g/mol. The van der Waals surface area contributed by atoms with Crippen LogP contribution in [0.15, 0.2) is 23.0 Å². The lowest BCUT2D eigenvalue weighted by Gasteiger charge is -2.06. The van der Waals surface area contributed by atoms with E-state index in [2.05, 4.69) is 10.3 Å². The highest BCUT2D eigenvalue weighted by atomic mass is 32.1. The highest BCUT2D eigenvalue weighted by molar-refractivity contribution is 7.08. The fourth-order valence-electron chi connectivity index (χ4n) is 1.59. The smallest absolute Gasteiger partial charge is 0.337 e. The maximum atomic E-state index is 11.0. The molecule has 104 valence electrons. The van der Waals surface area contributed by atoms with E-state index >= 15 is 0 Å². The van der Waals surface area contributed by atoms with E-state index in [1.807, 2.05) is 17.7 Å². The van der Waals surface area contributed by atoms with Crippen LogP contribution in [0.25, 0.3) is 0 Å². The SMILES string of the molecule is Cc1cscc1CNc1ncc(C(=O)O)cc1[N+](=O)[O-]. The fraction of sp³-hybridized carbons (Fsp3) is 0.167. The summed E-state index contributed by atoms with van der Waals surface area (Å²) in [7, 11) is 0. The molecule has 0 saturated carbocycles. The number of nitrogens with one attached hydrogen (secondary N) is 1. The van der Waals surface area contributed by atoms with Gasteiger partial charge in [-0.25, -0.2) is 9.78 Å². The first-order valence-corrected chi connectivity index (χ1v) is 6.56. The first-order valence-electron chi connectivity index (χ1n) is 5.62. The predicted octanol–water partition coefficient (Wildman–Crippen LogP) is 2.67. The summed E-state index contributed by atoms with van der Waals surface area (Å²) in [4.78, 5) is 24.9. The largest absolute Gasteiger partial charge is 0.478 e. The Labute approximate surface area is 118 Å². The molecule has 2 aromatic heterocycles. The van der Waals surface area contributed by atoms with E-state index in [-0.39, 0.29) is 17.1 Å². The van der Waals surface area contributed by atoms with Gasteiger partial charge in [0, 0.05) is 18.8 Å². The molecule has 2 rings (SSSR count). The van der Waals surface area contributed by atoms with Crippen LogP contribution in [-0.4, -0.2) is 21.0 Å². The maximum absolute atomic E-state index is 11.0. The number of aryl methyl sites for hydroxylation is 1. The number of anilines is 1. The first-order chi connectivity index (χ1) is 9.49. The molecule has 0 radical (unpaired) electrons. The summed E-state index contributed by atoms with van der Waals surface area (Å²) in [6.07, 6.45) is 1.10. The molecule has 7 nitrogen and oxygen atoms in total. The van der Waals surface area contributed by atoms with Crippen LogP contribution >= 0.6 is 11.3 Å². The van der Waals surface area contributed by atoms with Crippen molar-refractivity contribution in [2.45, 2.75) is 13.5 Å². The van der Waals surface area contributed by atoms with Crippen molar-refractivity contribution in [1.29, 1.82) is 0 Å². The molecule has 8 heteroatoms. The Morgan fingerprint density at radius 2 is 2.30 bits per heavy atom. The second-order valence-electron chi connectivity index (χ2n) is 4.09. The number of thiophene rings is 1. The van der Waals surface area contributed by atoms with Gasteiger partial charge in [-0.1, -0.05) is 0 Å². The normalized spacial score (nSPS) is 10.2. The van der Waals surface area contributed by atoms with Crippen LogP contribution in [-0.2, 0) is 6.54 Å². The molecule has 0 unspecified atom stereocenters. The van der Waals surface area contributed by atoms with Crippen molar-refractivity contribution in [3.05, 3.63) is 49.8 Å². The van der Waals surface area contributed by atoms with E-state index in [1.165, 1.54) is 0 Å². The fourth-order valence-corrected chi connectivity index (χ4v) is 2.45. The van der Waals surface area contributed by atoms with E-state index in [1.54, 1.807) is 11.3 Å². The molecule has 0 aromatic carbocycles. The van der Waals surface area contributed by atoms with Crippen LogP contribution in [0.1, 0.15) is 21.5 Å². The Balaban J connectivity index is 2.25. The molecule has 0 atom stereocenters. The number of hydrogen-bond acceptors (Lipinski definition) is 6. The van der Waals surface area contributed by atoms with Crippen molar-refractivity contribution in [1.82, 2.24) is 4.98 Å². The molecule has 0 spiro atoms. The Hall–Kier alpha value is -2.48. The van der Waals surface area contributed by atoms with Crippen molar-refractivity contribution < 1.29 is 14.8 Å². The number of nitro groups is 1. The zero-order chi connectivity index (χ0) is 14.7. The highest BCUT2D eigenvalue weighted by Gasteiger charge is 2.18. The minimum atomic E-state index is -1.25. The van der Waals surface area contributed by atoms with Gasteiger partial charge in [-0.15, -0.1) is 0 Å². The molecule has 0 saturated heterocycles. The third-order valence-corrected chi connectivity index (χ3v) is 3.63. The van der Waals surface area contributed by atoms with Crippen molar-refractivity contribution in [3.63, 3.8) is 0 Å². The van der Waals surface area contributed by atoms with Gasteiger partial charge >= 0.3 is 11.7 Å². The Bertz CT molecular complexity index is 668. The summed E-state index contributed by atoms with van der Waals surface area (Å²) in [5.74, 6) is -1.19. The van der Waals surface area contributed by atoms with Crippen molar-refractivity contribution in [3.8, 4) is 0 Å². The molecule has 2 aromatic rings. The quantitative estimate of drug-likeness (QED) is 0.648. The molecule has 2 heterocycles. The number of nitrogens with zero attached hydrogens (tertiary/aromatic N) is 2. The lowest BCUT2D eigenvalue weighted by atomic mass is 10.2. The van der Waals surface area contributed by atoms with E-state index in [0.717, 1.165) is 23.4 Å². The molecular formula is C12H11N3O4S. The Morgan fingerprint density at radius 1 is 1.55 bits per heavy atom. The number of aromatic nitrogens is 1. The summed E-state index contributed by atoms with van der Waals surface area (Å²) >= 11 is 1.55. The lowest BCUT2D eigenvalue weighted by molar-refractivity contribution is -0.384. The van der Waals surface area contributed by atoms with Gasteiger partial charge in [-0.3, -0.25) is 10.1 Å². The van der Waals surface area contributed by atoms with Crippen LogP contribution < -0.4 is 5.32 Å². The number of carboxylic acid groups (broad SMARTS) is 1. The number of rotatable bonds is 5. The highest BCUT2D eigenvalue weighted by Crippen LogP contribution is 2.24. The number of pyridine rings is 1. The Kier molecular flexibility index (Phi) is 3.94. The van der Waals surface area contributed by atoms with Gasteiger partial charge in [0.2, 0.25) is 5.82 Å². The summed E-state index contributed by atoms with van der Waals surface area (Å²) in [5, 5.41) is 26.6. The van der Waals surface area contributed by atoms with E-state index in [4.69, 9.17) is 5.11 Å². The van der Waals surface area contributed by atoms with Gasteiger partial charge in [0.1, 0.15) is 0 Å². The minimum absolute atomic E-state index is 0.0607. The van der Waals surface area contributed by atoms with Crippen LogP contribution in [0, 0.1) is 17.0 Å². The van der Waals surface area contributed by atoms with Gasteiger partial charge < -0.3 is 10.4 Å². The zero-order valence-corrected chi connectivity index (χ0v) is 11.3. The third kappa shape index (κ3) is 2.91. The molecule has 0 aliphatic heterocycles. The van der Waals surface area contributed by atoms with Gasteiger partial charge in [0.25, 0.3) is 0 Å². The summed E-state index contributed by atoms with van der Waals surface area (Å²) in [6, 6.07) is 0.998. The summed E-state index contributed by atoms with van der Waals surface area (Å²) in [5.41, 5.74) is 1.55. The van der Waals surface area contributed by atoms with Gasteiger partial charge in [0.15, 0.2) is 0 Å². The number of carboxylic acids is 1.